The zero-order chi connectivity index (χ0) is 18.4. The Bertz CT molecular complexity index is 717. The summed E-state index contributed by atoms with van der Waals surface area (Å²) in [6, 6.07) is 9.98. The number of nitrogens with one attached hydrogen (secondary N) is 2. The molecule has 26 heavy (non-hydrogen) atoms. The van der Waals surface area contributed by atoms with Crippen LogP contribution in [-0.2, 0) is 6.54 Å². The van der Waals surface area contributed by atoms with Crippen LogP contribution >= 0.6 is 0 Å². The highest BCUT2D eigenvalue weighted by atomic mass is 16.2. The number of aryl methyl sites for hydroxylation is 1. The van der Waals surface area contributed by atoms with Crippen LogP contribution in [0, 0.1) is 19.8 Å². The van der Waals surface area contributed by atoms with E-state index >= 15 is 0 Å². The van der Waals surface area contributed by atoms with E-state index < -0.39 is 0 Å². The summed E-state index contributed by atoms with van der Waals surface area (Å²) >= 11 is 0. The van der Waals surface area contributed by atoms with E-state index in [9.17, 15) is 4.79 Å². The van der Waals surface area contributed by atoms with E-state index in [4.69, 9.17) is 0 Å². The number of carbonyl (C=O) groups is 1. The molecule has 2 amide bonds. The fourth-order valence-corrected chi connectivity index (χ4v) is 3.87. The van der Waals surface area contributed by atoms with Gasteiger partial charge in [0.05, 0.1) is 11.4 Å². The van der Waals surface area contributed by atoms with Crippen molar-refractivity contribution in [3.63, 3.8) is 0 Å². The number of hydrogen-bond donors (Lipinski definition) is 2. The minimum atomic E-state index is -0.0947. The van der Waals surface area contributed by atoms with Crippen LogP contribution in [0.15, 0.2) is 30.3 Å². The maximum Gasteiger partial charge on any atom is 0.315 e. The third-order valence-corrected chi connectivity index (χ3v) is 5.42. The summed E-state index contributed by atoms with van der Waals surface area (Å²) in [5.41, 5.74) is 4.13. The predicted molar refractivity (Wildman–Crippen MR) is 104 cm³/mol. The van der Waals surface area contributed by atoms with E-state index in [1.807, 2.05) is 48.9 Å². The molecule has 1 heterocycles. The highest BCUT2D eigenvalue weighted by Crippen LogP contribution is 2.28. The summed E-state index contributed by atoms with van der Waals surface area (Å²) in [5, 5.41) is 10.6. The first-order chi connectivity index (χ1) is 12.6. The molecule has 1 aromatic heterocycles. The van der Waals surface area contributed by atoms with Gasteiger partial charge in [-0.2, -0.15) is 5.10 Å². The molecule has 2 aromatic rings. The number of para-hydroxylation sites is 1. The molecule has 1 saturated carbocycles. The van der Waals surface area contributed by atoms with E-state index in [1.54, 1.807) is 0 Å². The molecule has 1 aromatic carbocycles. The van der Waals surface area contributed by atoms with Crippen molar-refractivity contribution >= 4 is 6.03 Å². The largest absolute Gasteiger partial charge is 0.338 e. The van der Waals surface area contributed by atoms with E-state index in [-0.39, 0.29) is 6.03 Å². The molecular formula is C21H30N4O. The van der Waals surface area contributed by atoms with Gasteiger partial charge in [-0.1, -0.05) is 43.9 Å². The molecule has 0 bridgehead atoms. The highest BCUT2D eigenvalue weighted by Gasteiger charge is 2.15. The smallest absolute Gasteiger partial charge is 0.315 e. The average molecular weight is 354 g/mol. The van der Waals surface area contributed by atoms with Gasteiger partial charge in [0.1, 0.15) is 0 Å². The van der Waals surface area contributed by atoms with Gasteiger partial charge >= 0.3 is 6.03 Å². The second-order valence-electron chi connectivity index (χ2n) is 7.30. The molecule has 0 unspecified atom stereocenters. The van der Waals surface area contributed by atoms with Crippen LogP contribution in [0.5, 0.6) is 0 Å². The molecule has 5 heteroatoms. The monoisotopic (exact) mass is 354 g/mol. The van der Waals surface area contributed by atoms with Gasteiger partial charge in [-0.05, 0) is 44.7 Å². The fraction of sp³-hybridized carbons (Fsp3) is 0.524. The van der Waals surface area contributed by atoms with Gasteiger partial charge in [0.25, 0.3) is 0 Å². The lowest BCUT2D eigenvalue weighted by molar-refractivity contribution is 0.240. The van der Waals surface area contributed by atoms with Gasteiger partial charge in [0.2, 0.25) is 0 Å². The Morgan fingerprint density at radius 3 is 2.62 bits per heavy atom. The molecule has 2 N–H and O–H groups in total. The molecule has 0 aliphatic heterocycles. The molecule has 0 radical (unpaired) electrons. The molecule has 1 aliphatic rings. The van der Waals surface area contributed by atoms with Gasteiger partial charge in [0.15, 0.2) is 0 Å². The second kappa shape index (κ2) is 8.88. The number of carbonyl (C=O) groups excluding carboxylic acids is 1. The zero-order valence-electron chi connectivity index (χ0n) is 15.9. The molecule has 5 nitrogen and oxygen atoms in total. The lowest BCUT2D eigenvalue weighted by atomic mass is 10.0. The fourth-order valence-electron chi connectivity index (χ4n) is 3.87. The quantitative estimate of drug-likeness (QED) is 0.730. The first-order valence-corrected chi connectivity index (χ1v) is 9.77. The number of benzene rings is 1. The Morgan fingerprint density at radius 2 is 1.88 bits per heavy atom. The number of hydrogen-bond acceptors (Lipinski definition) is 2. The maximum atomic E-state index is 12.1. The number of nitrogens with zero attached hydrogens (tertiary/aromatic N) is 2. The van der Waals surface area contributed by atoms with Crippen molar-refractivity contribution in [1.29, 1.82) is 0 Å². The van der Waals surface area contributed by atoms with Crippen LogP contribution < -0.4 is 10.6 Å². The number of aromatic nitrogens is 2. The second-order valence-corrected chi connectivity index (χ2v) is 7.30. The molecule has 140 valence electrons. The van der Waals surface area contributed by atoms with Crippen molar-refractivity contribution in [2.45, 2.75) is 58.9 Å². The summed E-state index contributed by atoms with van der Waals surface area (Å²) in [5.74, 6) is 0.883. The SMILES string of the molecule is Cc1nn(-c2ccccc2)c(C)c1CNC(=O)NCCCC1CCCC1. The molecule has 0 atom stereocenters. The topological polar surface area (TPSA) is 59.0 Å². The Labute approximate surface area is 156 Å². The van der Waals surface area contributed by atoms with E-state index in [0.717, 1.165) is 41.5 Å². The Balaban J connectivity index is 1.46. The van der Waals surface area contributed by atoms with Crippen LogP contribution in [0.1, 0.15) is 55.5 Å². The van der Waals surface area contributed by atoms with Crippen LogP contribution in [-0.4, -0.2) is 22.4 Å². The van der Waals surface area contributed by atoms with Crippen molar-refractivity contribution in [2.24, 2.45) is 5.92 Å². The lowest BCUT2D eigenvalue weighted by Gasteiger charge is -2.10. The van der Waals surface area contributed by atoms with Crippen LogP contribution in [0.4, 0.5) is 4.79 Å². The minimum absolute atomic E-state index is 0.0947. The average Bonchev–Trinajstić information content (AvgIpc) is 3.26. The molecule has 0 spiro atoms. The van der Waals surface area contributed by atoms with Gasteiger partial charge < -0.3 is 10.6 Å². The van der Waals surface area contributed by atoms with Crippen molar-refractivity contribution in [2.75, 3.05) is 6.54 Å². The molecule has 0 saturated heterocycles. The van der Waals surface area contributed by atoms with E-state index in [1.165, 1.54) is 32.1 Å². The van der Waals surface area contributed by atoms with Crippen LogP contribution in [0.3, 0.4) is 0 Å². The third-order valence-electron chi connectivity index (χ3n) is 5.42. The Kier molecular flexibility index (Phi) is 6.31. The summed E-state index contributed by atoms with van der Waals surface area (Å²) in [6.07, 6.45) is 7.82. The van der Waals surface area contributed by atoms with E-state index in [2.05, 4.69) is 15.7 Å². The molecule has 1 fully saturated rings. The Hall–Kier alpha value is -2.30. The van der Waals surface area contributed by atoms with Gasteiger partial charge in [-0.3, -0.25) is 0 Å². The van der Waals surface area contributed by atoms with Crippen LogP contribution in [0.25, 0.3) is 5.69 Å². The van der Waals surface area contributed by atoms with Gasteiger partial charge in [0, 0.05) is 24.3 Å². The first-order valence-electron chi connectivity index (χ1n) is 9.77. The van der Waals surface area contributed by atoms with Crippen LogP contribution in [0.2, 0.25) is 0 Å². The third kappa shape index (κ3) is 4.65. The summed E-state index contributed by atoms with van der Waals surface area (Å²) < 4.78 is 1.94. The highest BCUT2D eigenvalue weighted by molar-refractivity contribution is 5.73. The maximum absolute atomic E-state index is 12.1. The standard InChI is InChI=1S/C21H30N4O/c1-16-20(17(2)25(24-16)19-12-4-3-5-13-19)15-23-21(26)22-14-8-11-18-9-6-7-10-18/h3-5,12-13,18H,6-11,14-15H2,1-2H3,(H2,22,23,26). The molecule has 3 rings (SSSR count). The summed E-state index contributed by atoms with van der Waals surface area (Å²) in [7, 11) is 0. The summed E-state index contributed by atoms with van der Waals surface area (Å²) in [4.78, 5) is 12.1. The first kappa shape index (κ1) is 18.5. The molecular weight excluding hydrogens is 324 g/mol. The van der Waals surface area contributed by atoms with Crippen molar-refractivity contribution < 1.29 is 4.79 Å². The predicted octanol–water partition coefficient (Wildman–Crippen LogP) is 4.26. The van der Waals surface area contributed by atoms with Gasteiger partial charge in [-0.25, -0.2) is 9.48 Å². The zero-order valence-corrected chi connectivity index (χ0v) is 15.9. The summed E-state index contributed by atoms with van der Waals surface area (Å²) in [6.45, 7) is 5.29. The molecule has 1 aliphatic carbocycles. The number of rotatable bonds is 7. The minimum Gasteiger partial charge on any atom is -0.338 e. The lowest BCUT2D eigenvalue weighted by Crippen LogP contribution is -2.35. The Morgan fingerprint density at radius 1 is 1.15 bits per heavy atom. The number of amides is 2. The van der Waals surface area contributed by atoms with Crippen molar-refractivity contribution in [1.82, 2.24) is 20.4 Å². The van der Waals surface area contributed by atoms with Crippen molar-refractivity contribution in [3.8, 4) is 5.69 Å². The normalized spacial score (nSPS) is 14.5. The van der Waals surface area contributed by atoms with Gasteiger partial charge in [-0.15, -0.1) is 0 Å². The van der Waals surface area contributed by atoms with Crippen molar-refractivity contribution in [3.05, 3.63) is 47.3 Å². The number of urea groups is 1. The van der Waals surface area contributed by atoms with E-state index in [0.29, 0.717) is 6.54 Å².